The Morgan fingerprint density at radius 3 is 2.41 bits per heavy atom. The number of benzene rings is 2. The van der Waals surface area contributed by atoms with Crippen LogP contribution in [0.3, 0.4) is 0 Å². The highest BCUT2D eigenvalue weighted by molar-refractivity contribution is 5.97. The highest BCUT2D eigenvalue weighted by Crippen LogP contribution is 2.22. The zero-order chi connectivity index (χ0) is 20.5. The van der Waals surface area contributed by atoms with Crippen molar-refractivity contribution in [2.75, 3.05) is 30.4 Å². The van der Waals surface area contributed by atoms with Crippen LogP contribution in [-0.2, 0) is 11.3 Å². The van der Waals surface area contributed by atoms with E-state index in [0.717, 1.165) is 30.1 Å². The van der Waals surface area contributed by atoms with Crippen molar-refractivity contribution < 1.29 is 9.53 Å². The Kier molecular flexibility index (Phi) is 7.12. The summed E-state index contributed by atoms with van der Waals surface area (Å²) in [5.74, 6) is 0.342. The van der Waals surface area contributed by atoms with E-state index in [4.69, 9.17) is 4.74 Å². The number of carbonyl (C=O) groups excluding carboxylic acids is 1. The average molecular weight is 390 g/mol. The molecule has 0 saturated carbocycles. The molecule has 0 bridgehead atoms. The van der Waals surface area contributed by atoms with Crippen LogP contribution in [0.25, 0.3) is 0 Å². The Hall–Kier alpha value is -3.46. The van der Waals surface area contributed by atoms with E-state index in [2.05, 4.69) is 27.7 Å². The number of methoxy groups -OCH3 is 1. The molecule has 6 heteroatoms. The van der Waals surface area contributed by atoms with Crippen LogP contribution in [0.5, 0.6) is 5.75 Å². The summed E-state index contributed by atoms with van der Waals surface area (Å²) in [7, 11) is 1.61. The molecule has 0 unspecified atom stereocenters. The predicted octanol–water partition coefficient (Wildman–Crippen LogP) is 3.82. The maximum Gasteiger partial charge on any atom is 0.263 e. The second-order valence-electron chi connectivity index (χ2n) is 6.94. The quantitative estimate of drug-likeness (QED) is 0.555. The molecular weight excluding hydrogens is 364 g/mol. The van der Waals surface area contributed by atoms with E-state index in [-0.39, 0.29) is 5.57 Å². The third kappa shape index (κ3) is 5.76. The van der Waals surface area contributed by atoms with Gasteiger partial charge in [-0.1, -0.05) is 12.1 Å². The molecular formula is C23H26N4O2. The van der Waals surface area contributed by atoms with Gasteiger partial charge in [-0.3, -0.25) is 4.79 Å². The van der Waals surface area contributed by atoms with Gasteiger partial charge >= 0.3 is 0 Å². The molecule has 1 saturated heterocycles. The van der Waals surface area contributed by atoms with E-state index in [9.17, 15) is 10.1 Å². The van der Waals surface area contributed by atoms with Gasteiger partial charge < -0.3 is 20.3 Å². The summed E-state index contributed by atoms with van der Waals surface area (Å²) in [6, 6.07) is 17.4. The van der Waals surface area contributed by atoms with Gasteiger partial charge in [-0.15, -0.1) is 0 Å². The van der Waals surface area contributed by atoms with Crippen molar-refractivity contribution in [2.24, 2.45) is 0 Å². The average Bonchev–Trinajstić information content (AvgIpc) is 2.79. The summed E-state index contributed by atoms with van der Waals surface area (Å²) in [5.41, 5.74) is 3.00. The standard InChI is InChI=1S/C23H26N4O2/c1-29-22-11-5-18(6-12-22)16-26-23(28)19(15-24)17-25-20-7-9-21(10-8-20)27-13-3-2-4-14-27/h5-12,17,25H,2-4,13-14,16H2,1H3,(H,26,28)/b19-17-. The number of nitrogens with one attached hydrogen (secondary N) is 2. The Balaban J connectivity index is 1.54. The SMILES string of the molecule is COc1ccc(CNC(=O)/C(C#N)=C\Nc2ccc(N3CCCCC3)cc2)cc1. The predicted molar refractivity (Wildman–Crippen MR) is 115 cm³/mol. The second kappa shape index (κ2) is 10.2. The normalized spacial score (nSPS) is 14.1. The van der Waals surface area contributed by atoms with Crippen molar-refractivity contribution >= 4 is 17.3 Å². The molecule has 2 aromatic rings. The minimum absolute atomic E-state index is 0.0265. The number of anilines is 2. The molecule has 1 aliphatic heterocycles. The number of nitrogens with zero attached hydrogens (tertiary/aromatic N) is 2. The first-order chi connectivity index (χ1) is 14.2. The number of hydrogen-bond acceptors (Lipinski definition) is 5. The maximum absolute atomic E-state index is 12.3. The molecule has 3 rings (SSSR count). The molecule has 2 aromatic carbocycles. The van der Waals surface area contributed by atoms with Gasteiger partial charge in [-0.2, -0.15) is 5.26 Å². The smallest absolute Gasteiger partial charge is 0.263 e. The highest BCUT2D eigenvalue weighted by atomic mass is 16.5. The number of ether oxygens (including phenoxy) is 1. The second-order valence-corrected chi connectivity index (χ2v) is 6.94. The summed E-state index contributed by atoms with van der Waals surface area (Å²) in [4.78, 5) is 14.7. The fraction of sp³-hybridized carbons (Fsp3) is 0.304. The molecule has 6 nitrogen and oxygen atoms in total. The van der Waals surface area contributed by atoms with Crippen molar-refractivity contribution in [1.29, 1.82) is 5.26 Å². The third-order valence-electron chi connectivity index (χ3n) is 4.95. The summed E-state index contributed by atoms with van der Waals surface area (Å²) < 4.78 is 5.12. The van der Waals surface area contributed by atoms with E-state index >= 15 is 0 Å². The van der Waals surface area contributed by atoms with E-state index < -0.39 is 5.91 Å². The van der Waals surface area contributed by atoms with Gasteiger partial charge in [0, 0.05) is 37.2 Å². The molecule has 0 atom stereocenters. The van der Waals surface area contributed by atoms with Gasteiger partial charge in [0.1, 0.15) is 17.4 Å². The Morgan fingerprint density at radius 2 is 1.79 bits per heavy atom. The van der Waals surface area contributed by atoms with Crippen LogP contribution in [0.4, 0.5) is 11.4 Å². The van der Waals surface area contributed by atoms with Crippen LogP contribution in [0.1, 0.15) is 24.8 Å². The largest absolute Gasteiger partial charge is 0.497 e. The number of carbonyl (C=O) groups is 1. The minimum Gasteiger partial charge on any atom is -0.497 e. The van der Waals surface area contributed by atoms with Crippen molar-refractivity contribution in [3.63, 3.8) is 0 Å². The van der Waals surface area contributed by atoms with Gasteiger partial charge in [-0.05, 0) is 61.2 Å². The monoisotopic (exact) mass is 390 g/mol. The number of hydrogen-bond donors (Lipinski definition) is 2. The van der Waals surface area contributed by atoms with Crippen molar-refractivity contribution in [1.82, 2.24) is 5.32 Å². The van der Waals surface area contributed by atoms with Gasteiger partial charge in [0.2, 0.25) is 0 Å². The van der Waals surface area contributed by atoms with Gasteiger partial charge in [-0.25, -0.2) is 0 Å². The molecule has 1 amide bonds. The van der Waals surface area contributed by atoms with E-state index in [1.807, 2.05) is 42.5 Å². The molecule has 0 radical (unpaired) electrons. The first kappa shape index (κ1) is 20.3. The molecule has 1 aliphatic rings. The molecule has 0 aliphatic carbocycles. The number of rotatable bonds is 7. The lowest BCUT2D eigenvalue weighted by molar-refractivity contribution is -0.117. The minimum atomic E-state index is -0.416. The topological polar surface area (TPSA) is 77.4 Å². The number of piperidine rings is 1. The molecule has 150 valence electrons. The lowest BCUT2D eigenvalue weighted by Gasteiger charge is -2.28. The summed E-state index contributed by atoms with van der Waals surface area (Å²) in [6.45, 7) is 2.53. The lowest BCUT2D eigenvalue weighted by Crippen LogP contribution is -2.29. The molecule has 0 spiro atoms. The Bertz CT molecular complexity index is 877. The van der Waals surface area contributed by atoms with Crippen LogP contribution in [0.2, 0.25) is 0 Å². The summed E-state index contributed by atoms with van der Waals surface area (Å²) in [6.07, 6.45) is 5.22. The van der Waals surface area contributed by atoms with Gasteiger partial charge in [0.05, 0.1) is 7.11 Å². The fourth-order valence-corrected chi connectivity index (χ4v) is 3.25. The van der Waals surface area contributed by atoms with Crippen molar-refractivity contribution in [3.05, 3.63) is 65.9 Å². The van der Waals surface area contributed by atoms with Gasteiger partial charge in [0.25, 0.3) is 5.91 Å². The van der Waals surface area contributed by atoms with Crippen molar-refractivity contribution in [2.45, 2.75) is 25.8 Å². The van der Waals surface area contributed by atoms with Crippen LogP contribution in [0, 0.1) is 11.3 Å². The zero-order valence-electron chi connectivity index (χ0n) is 16.6. The fourth-order valence-electron chi connectivity index (χ4n) is 3.25. The first-order valence-corrected chi connectivity index (χ1v) is 9.82. The van der Waals surface area contributed by atoms with E-state index in [1.165, 1.54) is 31.1 Å². The van der Waals surface area contributed by atoms with Crippen molar-refractivity contribution in [3.8, 4) is 11.8 Å². The van der Waals surface area contributed by atoms with Crippen LogP contribution < -0.4 is 20.3 Å². The molecule has 2 N–H and O–H groups in total. The molecule has 1 fully saturated rings. The number of nitriles is 1. The Labute approximate surface area is 171 Å². The zero-order valence-corrected chi connectivity index (χ0v) is 16.6. The molecule has 29 heavy (non-hydrogen) atoms. The van der Waals surface area contributed by atoms with E-state index in [1.54, 1.807) is 7.11 Å². The van der Waals surface area contributed by atoms with Crippen LogP contribution in [0.15, 0.2) is 60.3 Å². The molecule has 1 heterocycles. The lowest BCUT2D eigenvalue weighted by atomic mass is 10.1. The summed E-state index contributed by atoms with van der Waals surface area (Å²) in [5, 5.41) is 15.1. The van der Waals surface area contributed by atoms with Gasteiger partial charge in [0.15, 0.2) is 0 Å². The summed E-state index contributed by atoms with van der Waals surface area (Å²) >= 11 is 0. The number of amides is 1. The molecule has 0 aromatic heterocycles. The van der Waals surface area contributed by atoms with E-state index in [0.29, 0.717) is 6.54 Å². The van der Waals surface area contributed by atoms with Crippen LogP contribution in [-0.4, -0.2) is 26.1 Å². The first-order valence-electron chi connectivity index (χ1n) is 9.82. The highest BCUT2D eigenvalue weighted by Gasteiger charge is 2.11. The Morgan fingerprint density at radius 1 is 1.10 bits per heavy atom. The van der Waals surface area contributed by atoms with Crippen LogP contribution >= 0.6 is 0 Å². The maximum atomic E-state index is 12.3. The third-order valence-corrected chi connectivity index (χ3v) is 4.95.